The molecule has 0 radical (unpaired) electrons. The van der Waals surface area contributed by atoms with Gasteiger partial charge in [-0.05, 0) is 18.4 Å². The Morgan fingerprint density at radius 3 is 3.40 bits per heavy atom. The van der Waals surface area contributed by atoms with Crippen LogP contribution in [0.15, 0.2) is 34.0 Å². The lowest BCUT2D eigenvalue weighted by molar-refractivity contribution is 0.689. The molecule has 2 rings (SSSR count). The Kier molecular flexibility index (Phi) is 1.38. The summed E-state index contributed by atoms with van der Waals surface area (Å²) < 4.78 is 0. The number of allylic oxidation sites excluding steroid dienone is 2. The highest BCUT2D eigenvalue weighted by molar-refractivity contribution is 5.25. The fourth-order valence-corrected chi connectivity index (χ4v) is 1.36. The predicted molar refractivity (Wildman–Crippen MR) is 40.0 cm³/mol. The third kappa shape index (κ3) is 0.897. The first-order valence-electron chi connectivity index (χ1n) is 3.69. The van der Waals surface area contributed by atoms with Crippen molar-refractivity contribution in [2.75, 3.05) is 6.54 Å². The first-order chi connectivity index (χ1) is 4.97. The van der Waals surface area contributed by atoms with Gasteiger partial charge < -0.3 is 0 Å². The summed E-state index contributed by atoms with van der Waals surface area (Å²) in [6, 6.07) is 0.294. The number of nitrogens with zero attached hydrogens (tertiary/aromatic N) is 2. The molecule has 2 nitrogen and oxygen atoms in total. The fraction of sp³-hybridized carbons (Fsp3) is 0.500. The molecule has 2 aliphatic rings. The SMILES string of the molecule is C1=CC2N=NCCC2=CC1. The summed E-state index contributed by atoms with van der Waals surface area (Å²) in [5.41, 5.74) is 1.46. The summed E-state index contributed by atoms with van der Waals surface area (Å²) in [6.45, 7) is 0.885. The lowest BCUT2D eigenvalue weighted by Gasteiger charge is -2.17. The van der Waals surface area contributed by atoms with E-state index in [4.69, 9.17) is 0 Å². The molecule has 1 aliphatic carbocycles. The second kappa shape index (κ2) is 2.37. The van der Waals surface area contributed by atoms with Crippen LogP contribution in [0.4, 0.5) is 0 Å². The zero-order valence-corrected chi connectivity index (χ0v) is 5.83. The Hall–Kier alpha value is -0.920. The van der Waals surface area contributed by atoms with Gasteiger partial charge in [0, 0.05) is 0 Å². The van der Waals surface area contributed by atoms with Gasteiger partial charge in [0.2, 0.25) is 0 Å². The average molecular weight is 134 g/mol. The van der Waals surface area contributed by atoms with Gasteiger partial charge in [-0.3, -0.25) is 0 Å². The third-order valence-electron chi connectivity index (χ3n) is 1.92. The van der Waals surface area contributed by atoms with Crippen LogP contribution in [0.2, 0.25) is 0 Å². The Morgan fingerprint density at radius 1 is 1.50 bits per heavy atom. The average Bonchev–Trinajstić information content (AvgIpc) is 2.05. The Balaban J connectivity index is 2.26. The van der Waals surface area contributed by atoms with Crippen molar-refractivity contribution in [2.24, 2.45) is 10.2 Å². The predicted octanol–water partition coefficient (Wildman–Crippen LogP) is 2.10. The van der Waals surface area contributed by atoms with Crippen molar-refractivity contribution >= 4 is 0 Å². The minimum atomic E-state index is 0.294. The van der Waals surface area contributed by atoms with Crippen LogP contribution in [0.25, 0.3) is 0 Å². The van der Waals surface area contributed by atoms with Gasteiger partial charge in [-0.1, -0.05) is 18.2 Å². The van der Waals surface area contributed by atoms with E-state index in [1.54, 1.807) is 0 Å². The molecule has 0 bridgehead atoms. The first-order valence-corrected chi connectivity index (χ1v) is 3.69. The lowest BCUT2D eigenvalue weighted by atomic mass is 9.97. The van der Waals surface area contributed by atoms with Gasteiger partial charge in [0.1, 0.15) is 6.04 Å². The second-order valence-electron chi connectivity index (χ2n) is 2.62. The number of rotatable bonds is 0. The van der Waals surface area contributed by atoms with Crippen LogP contribution in [0.3, 0.4) is 0 Å². The molecule has 52 valence electrons. The Morgan fingerprint density at radius 2 is 2.50 bits per heavy atom. The smallest absolute Gasteiger partial charge is 0.110 e. The third-order valence-corrected chi connectivity index (χ3v) is 1.92. The van der Waals surface area contributed by atoms with Crippen LogP contribution in [-0.4, -0.2) is 12.6 Å². The van der Waals surface area contributed by atoms with Gasteiger partial charge in [0.25, 0.3) is 0 Å². The minimum Gasteiger partial charge on any atom is -0.193 e. The van der Waals surface area contributed by atoms with Crippen molar-refractivity contribution in [1.82, 2.24) is 0 Å². The van der Waals surface area contributed by atoms with Gasteiger partial charge >= 0.3 is 0 Å². The van der Waals surface area contributed by atoms with Crippen LogP contribution in [0, 0.1) is 0 Å². The second-order valence-corrected chi connectivity index (χ2v) is 2.62. The van der Waals surface area contributed by atoms with E-state index >= 15 is 0 Å². The molecule has 1 atom stereocenters. The molecule has 0 N–H and O–H groups in total. The summed E-state index contributed by atoms with van der Waals surface area (Å²) >= 11 is 0. The number of hydrogen-bond acceptors (Lipinski definition) is 2. The first kappa shape index (κ1) is 5.83. The van der Waals surface area contributed by atoms with E-state index < -0.39 is 0 Å². The maximum Gasteiger partial charge on any atom is 0.110 e. The van der Waals surface area contributed by atoms with E-state index in [-0.39, 0.29) is 0 Å². The van der Waals surface area contributed by atoms with Crippen molar-refractivity contribution in [2.45, 2.75) is 18.9 Å². The summed E-state index contributed by atoms with van der Waals surface area (Å²) in [5, 5.41) is 8.12. The largest absolute Gasteiger partial charge is 0.193 e. The Labute approximate surface area is 60.3 Å². The highest BCUT2D eigenvalue weighted by Crippen LogP contribution is 2.22. The molecule has 0 aromatic carbocycles. The summed E-state index contributed by atoms with van der Waals surface area (Å²) in [4.78, 5) is 0. The quantitative estimate of drug-likeness (QED) is 0.453. The number of fused-ring (bicyclic) bond motifs is 1. The number of hydrogen-bond donors (Lipinski definition) is 0. The molecule has 0 aromatic rings. The van der Waals surface area contributed by atoms with E-state index in [1.165, 1.54) is 5.57 Å². The van der Waals surface area contributed by atoms with Crippen LogP contribution in [-0.2, 0) is 0 Å². The van der Waals surface area contributed by atoms with Crippen molar-refractivity contribution in [3.63, 3.8) is 0 Å². The van der Waals surface area contributed by atoms with E-state index in [0.29, 0.717) is 6.04 Å². The molecule has 0 aromatic heterocycles. The molecule has 10 heavy (non-hydrogen) atoms. The van der Waals surface area contributed by atoms with Crippen molar-refractivity contribution in [3.8, 4) is 0 Å². The highest BCUT2D eigenvalue weighted by atomic mass is 15.1. The summed E-state index contributed by atoms with van der Waals surface area (Å²) in [7, 11) is 0. The number of azo groups is 1. The topological polar surface area (TPSA) is 24.7 Å². The van der Waals surface area contributed by atoms with E-state index in [2.05, 4.69) is 28.5 Å². The standard InChI is InChI=1S/C8H10N2/c1-2-4-8-7(3-1)5-6-9-10-8/h2-4,8H,1,5-6H2. The molecule has 0 saturated carbocycles. The van der Waals surface area contributed by atoms with Gasteiger partial charge in [-0.15, -0.1) is 0 Å². The van der Waals surface area contributed by atoms with Crippen molar-refractivity contribution in [1.29, 1.82) is 0 Å². The van der Waals surface area contributed by atoms with Crippen LogP contribution < -0.4 is 0 Å². The van der Waals surface area contributed by atoms with Crippen LogP contribution >= 0.6 is 0 Å². The van der Waals surface area contributed by atoms with Crippen molar-refractivity contribution < 1.29 is 0 Å². The normalized spacial score (nSPS) is 29.6. The molecule has 2 heteroatoms. The zero-order chi connectivity index (χ0) is 6.81. The summed E-state index contributed by atoms with van der Waals surface area (Å²) in [6.07, 6.45) is 8.75. The Bertz CT molecular complexity index is 213. The van der Waals surface area contributed by atoms with Gasteiger partial charge in [-0.25, -0.2) is 0 Å². The van der Waals surface area contributed by atoms with E-state index in [9.17, 15) is 0 Å². The molecule has 1 heterocycles. The van der Waals surface area contributed by atoms with Gasteiger partial charge in [0.05, 0.1) is 6.54 Å². The van der Waals surface area contributed by atoms with E-state index in [1.807, 2.05) is 0 Å². The maximum atomic E-state index is 4.12. The molecule has 1 aliphatic heterocycles. The molecule has 0 spiro atoms. The maximum absolute atomic E-state index is 4.12. The van der Waals surface area contributed by atoms with Gasteiger partial charge in [-0.2, -0.15) is 10.2 Å². The molecular formula is C8H10N2. The molecule has 0 fully saturated rings. The van der Waals surface area contributed by atoms with Crippen molar-refractivity contribution in [3.05, 3.63) is 23.8 Å². The molecule has 0 amide bonds. The van der Waals surface area contributed by atoms with E-state index in [0.717, 1.165) is 19.4 Å². The van der Waals surface area contributed by atoms with Gasteiger partial charge in [0.15, 0.2) is 0 Å². The monoisotopic (exact) mass is 134 g/mol. The lowest BCUT2D eigenvalue weighted by Crippen LogP contribution is -2.12. The zero-order valence-electron chi connectivity index (χ0n) is 5.83. The minimum absolute atomic E-state index is 0.294. The highest BCUT2D eigenvalue weighted by Gasteiger charge is 2.14. The molecule has 0 saturated heterocycles. The summed E-state index contributed by atoms with van der Waals surface area (Å²) in [5.74, 6) is 0. The van der Waals surface area contributed by atoms with Crippen LogP contribution in [0.5, 0.6) is 0 Å². The van der Waals surface area contributed by atoms with Crippen LogP contribution in [0.1, 0.15) is 12.8 Å². The molecular weight excluding hydrogens is 124 g/mol. The molecule has 1 unspecified atom stereocenters. The fourth-order valence-electron chi connectivity index (χ4n) is 1.36.